The number of hydrogen-bond acceptors (Lipinski definition) is 4. The van der Waals surface area contributed by atoms with E-state index in [1.807, 2.05) is 26.0 Å². The zero-order chi connectivity index (χ0) is 18.1. The number of nitrogens with one attached hydrogen (secondary N) is 2. The van der Waals surface area contributed by atoms with E-state index in [1.54, 1.807) is 36.6 Å². The molecule has 0 aliphatic rings. The van der Waals surface area contributed by atoms with Gasteiger partial charge >= 0.3 is 0 Å². The number of aliphatic imine (C=N–C) groups is 1. The Morgan fingerprint density at radius 1 is 1.16 bits per heavy atom. The number of furan rings is 1. The van der Waals surface area contributed by atoms with Gasteiger partial charge in [-0.15, -0.1) is 0 Å². The monoisotopic (exact) mass is 363 g/mol. The quantitative estimate of drug-likeness (QED) is 0.556. The van der Waals surface area contributed by atoms with Crippen molar-refractivity contribution in [1.29, 1.82) is 0 Å². The Bertz CT molecular complexity index is 756. The standard InChI is InChI=1S/C18H25N3O3S/c1-3-15(14-25(22,23)17-10-6-5-7-11-17)21-18(19-4-2)20-13-16-9-8-12-24-16/h5-12,15H,3-4,13-14H2,1-2H3,(H2,19,20,21). The van der Waals surface area contributed by atoms with Crippen LogP contribution in [0.25, 0.3) is 0 Å². The maximum Gasteiger partial charge on any atom is 0.191 e. The molecule has 6 nitrogen and oxygen atoms in total. The SMILES string of the molecule is CCNC(=NCc1ccco1)NC(CC)CS(=O)(=O)c1ccccc1. The molecule has 0 aliphatic heterocycles. The Morgan fingerprint density at radius 2 is 1.92 bits per heavy atom. The molecule has 136 valence electrons. The molecule has 0 radical (unpaired) electrons. The van der Waals surface area contributed by atoms with E-state index in [-0.39, 0.29) is 11.8 Å². The summed E-state index contributed by atoms with van der Waals surface area (Å²) < 4.78 is 30.4. The van der Waals surface area contributed by atoms with Crippen molar-refractivity contribution in [3.05, 3.63) is 54.5 Å². The molecule has 0 spiro atoms. The lowest BCUT2D eigenvalue weighted by atomic mass is 10.3. The second kappa shape index (κ2) is 9.27. The third-order valence-corrected chi connectivity index (χ3v) is 5.51. The molecule has 1 aromatic heterocycles. The first kappa shape index (κ1) is 19.1. The van der Waals surface area contributed by atoms with Crippen molar-refractivity contribution >= 4 is 15.8 Å². The summed E-state index contributed by atoms with van der Waals surface area (Å²) in [5.74, 6) is 1.34. The summed E-state index contributed by atoms with van der Waals surface area (Å²) in [6.07, 6.45) is 2.27. The van der Waals surface area contributed by atoms with Crippen molar-refractivity contribution in [2.24, 2.45) is 4.99 Å². The smallest absolute Gasteiger partial charge is 0.191 e. The van der Waals surface area contributed by atoms with E-state index in [1.165, 1.54) is 0 Å². The van der Waals surface area contributed by atoms with Gasteiger partial charge in [-0.05, 0) is 37.6 Å². The summed E-state index contributed by atoms with van der Waals surface area (Å²) in [6.45, 7) is 5.00. The average molecular weight is 363 g/mol. The first-order valence-corrected chi connectivity index (χ1v) is 10.1. The molecule has 2 N–H and O–H groups in total. The minimum absolute atomic E-state index is 0.0126. The molecule has 0 aliphatic carbocycles. The number of hydrogen-bond donors (Lipinski definition) is 2. The van der Waals surface area contributed by atoms with Crippen LogP contribution in [0.5, 0.6) is 0 Å². The normalized spacial score (nSPS) is 13.4. The number of rotatable bonds is 8. The van der Waals surface area contributed by atoms with Crippen LogP contribution in [0.3, 0.4) is 0 Å². The van der Waals surface area contributed by atoms with Crippen LogP contribution in [0.15, 0.2) is 63.0 Å². The highest BCUT2D eigenvalue weighted by molar-refractivity contribution is 7.91. The van der Waals surface area contributed by atoms with Crippen LogP contribution in [-0.4, -0.2) is 32.7 Å². The lowest BCUT2D eigenvalue weighted by Gasteiger charge is -2.20. The second-order valence-electron chi connectivity index (χ2n) is 5.62. The van der Waals surface area contributed by atoms with E-state index < -0.39 is 9.84 Å². The van der Waals surface area contributed by atoms with E-state index in [0.29, 0.717) is 30.4 Å². The Kier molecular flexibility index (Phi) is 7.06. The molecule has 0 saturated carbocycles. The predicted octanol–water partition coefficient (Wildman–Crippen LogP) is 2.59. The third-order valence-electron chi connectivity index (χ3n) is 3.67. The zero-order valence-electron chi connectivity index (χ0n) is 14.6. The lowest BCUT2D eigenvalue weighted by molar-refractivity contribution is 0.511. The molecule has 0 fully saturated rings. The lowest BCUT2D eigenvalue weighted by Crippen LogP contribution is -2.46. The van der Waals surface area contributed by atoms with Gasteiger partial charge in [-0.1, -0.05) is 25.1 Å². The molecule has 1 heterocycles. The Labute approximate surface area is 149 Å². The Balaban J connectivity index is 2.06. The van der Waals surface area contributed by atoms with Crippen molar-refractivity contribution in [2.45, 2.75) is 37.8 Å². The van der Waals surface area contributed by atoms with Crippen molar-refractivity contribution in [1.82, 2.24) is 10.6 Å². The summed E-state index contributed by atoms with van der Waals surface area (Å²) in [4.78, 5) is 4.79. The van der Waals surface area contributed by atoms with Crippen LogP contribution in [0, 0.1) is 0 Å². The van der Waals surface area contributed by atoms with Gasteiger partial charge in [0.05, 0.1) is 16.9 Å². The van der Waals surface area contributed by atoms with Gasteiger partial charge in [0.15, 0.2) is 15.8 Å². The van der Waals surface area contributed by atoms with Crippen LogP contribution in [-0.2, 0) is 16.4 Å². The molecule has 0 saturated heterocycles. The predicted molar refractivity (Wildman–Crippen MR) is 99.2 cm³/mol. The van der Waals surface area contributed by atoms with E-state index in [4.69, 9.17) is 4.42 Å². The fourth-order valence-corrected chi connectivity index (χ4v) is 3.94. The topological polar surface area (TPSA) is 83.7 Å². The zero-order valence-corrected chi connectivity index (χ0v) is 15.4. The second-order valence-corrected chi connectivity index (χ2v) is 7.65. The minimum Gasteiger partial charge on any atom is -0.467 e. The summed E-state index contributed by atoms with van der Waals surface area (Å²) in [5.41, 5.74) is 0. The summed E-state index contributed by atoms with van der Waals surface area (Å²) in [7, 11) is -3.35. The van der Waals surface area contributed by atoms with Gasteiger partial charge in [0.1, 0.15) is 12.3 Å². The van der Waals surface area contributed by atoms with Crippen molar-refractivity contribution in [2.75, 3.05) is 12.3 Å². The number of nitrogens with zero attached hydrogens (tertiary/aromatic N) is 1. The molecule has 2 aromatic rings. The molecule has 1 aromatic carbocycles. The molecule has 2 rings (SSSR count). The first-order chi connectivity index (χ1) is 12.0. The summed E-state index contributed by atoms with van der Waals surface area (Å²) in [6, 6.07) is 11.9. The third kappa shape index (κ3) is 5.94. The van der Waals surface area contributed by atoms with Gasteiger partial charge in [-0.2, -0.15) is 0 Å². The maximum atomic E-state index is 12.6. The average Bonchev–Trinajstić information content (AvgIpc) is 3.13. The maximum absolute atomic E-state index is 12.6. The Morgan fingerprint density at radius 3 is 2.52 bits per heavy atom. The Hall–Kier alpha value is -2.28. The molecular formula is C18H25N3O3S. The molecular weight excluding hydrogens is 338 g/mol. The molecule has 0 amide bonds. The molecule has 1 unspecified atom stereocenters. The van der Waals surface area contributed by atoms with Crippen molar-refractivity contribution in [3.8, 4) is 0 Å². The van der Waals surface area contributed by atoms with Gasteiger partial charge in [-0.25, -0.2) is 13.4 Å². The highest BCUT2D eigenvalue weighted by Gasteiger charge is 2.20. The molecule has 0 bridgehead atoms. The van der Waals surface area contributed by atoms with Crippen LogP contribution < -0.4 is 10.6 Å². The van der Waals surface area contributed by atoms with Gasteiger partial charge in [0, 0.05) is 12.6 Å². The first-order valence-electron chi connectivity index (χ1n) is 8.40. The van der Waals surface area contributed by atoms with E-state index in [2.05, 4.69) is 15.6 Å². The summed E-state index contributed by atoms with van der Waals surface area (Å²) in [5, 5.41) is 6.35. The highest BCUT2D eigenvalue weighted by atomic mass is 32.2. The number of benzene rings is 1. The van der Waals surface area contributed by atoms with Gasteiger partial charge in [0.2, 0.25) is 0 Å². The van der Waals surface area contributed by atoms with E-state index >= 15 is 0 Å². The van der Waals surface area contributed by atoms with Crippen molar-refractivity contribution < 1.29 is 12.8 Å². The van der Waals surface area contributed by atoms with Gasteiger partial charge in [0.25, 0.3) is 0 Å². The summed E-state index contributed by atoms with van der Waals surface area (Å²) >= 11 is 0. The van der Waals surface area contributed by atoms with Crippen LogP contribution >= 0.6 is 0 Å². The van der Waals surface area contributed by atoms with Crippen LogP contribution in [0.2, 0.25) is 0 Å². The fraction of sp³-hybridized carbons (Fsp3) is 0.389. The molecule has 7 heteroatoms. The minimum atomic E-state index is -3.35. The van der Waals surface area contributed by atoms with Gasteiger partial charge < -0.3 is 15.1 Å². The van der Waals surface area contributed by atoms with Crippen LogP contribution in [0.4, 0.5) is 0 Å². The van der Waals surface area contributed by atoms with E-state index in [0.717, 1.165) is 5.76 Å². The molecule has 25 heavy (non-hydrogen) atoms. The van der Waals surface area contributed by atoms with Crippen LogP contribution in [0.1, 0.15) is 26.0 Å². The van der Waals surface area contributed by atoms with Gasteiger partial charge in [-0.3, -0.25) is 0 Å². The largest absolute Gasteiger partial charge is 0.467 e. The van der Waals surface area contributed by atoms with E-state index in [9.17, 15) is 8.42 Å². The molecule has 1 atom stereocenters. The number of guanidine groups is 1. The fourth-order valence-electron chi connectivity index (χ4n) is 2.32. The van der Waals surface area contributed by atoms with Crippen molar-refractivity contribution in [3.63, 3.8) is 0 Å². The number of sulfone groups is 1. The highest BCUT2D eigenvalue weighted by Crippen LogP contribution is 2.12.